The minimum absolute atomic E-state index is 0.395. The highest BCUT2D eigenvalue weighted by Gasteiger charge is 2.22. The van der Waals surface area contributed by atoms with Gasteiger partial charge >= 0.3 is 0 Å². The Balaban J connectivity index is 4.22. The molecule has 0 aliphatic rings. The monoisotopic (exact) mass is 223 g/mol. The van der Waals surface area contributed by atoms with Gasteiger partial charge in [-0.2, -0.15) is 0 Å². The van der Waals surface area contributed by atoms with Gasteiger partial charge in [-0.05, 0) is 37.6 Å². The van der Waals surface area contributed by atoms with Crippen molar-refractivity contribution in [3.8, 4) is 11.8 Å². The fourth-order valence-electron chi connectivity index (χ4n) is 1.59. The Morgan fingerprint density at radius 2 is 1.88 bits per heavy atom. The highest BCUT2D eigenvalue weighted by Crippen LogP contribution is 2.29. The molecule has 1 N–H and O–H groups in total. The average molecular weight is 223 g/mol. The summed E-state index contributed by atoms with van der Waals surface area (Å²) in [6.07, 6.45) is 3.40. The van der Waals surface area contributed by atoms with Crippen molar-refractivity contribution in [2.75, 3.05) is 6.54 Å². The highest BCUT2D eigenvalue weighted by molar-refractivity contribution is 4.98. The molecule has 0 bridgehead atoms. The molecule has 0 rings (SSSR count). The predicted molar refractivity (Wildman–Crippen MR) is 73.4 cm³/mol. The van der Waals surface area contributed by atoms with Crippen molar-refractivity contribution < 1.29 is 0 Å². The van der Waals surface area contributed by atoms with Crippen molar-refractivity contribution in [1.29, 1.82) is 0 Å². The van der Waals surface area contributed by atoms with Gasteiger partial charge in [0.25, 0.3) is 0 Å². The van der Waals surface area contributed by atoms with Crippen LogP contribution in [0.4, 0.5) is 0 Å². The Morgan fingerprint density at radius 3 is 2.31 bits per heavy atom. The van der Waals surface area contributed by atoms with Crippen LogP contribution in [0.2, 0.25) is 0 Å². The molecule has 1 nitrogen and oxygen atoms in total. The van der Waals surface area contributed by atoms with E-state index in [9.17, 15) is 0 Å². The fourth-order valence-corrected chi connectivity index (χ4v) is 1.59. The summed E-state index contributed by atoms with van der Waals surface area (Å²) in [6, 6.07) is 0.557. The smallest absolute Gasteiger partial charge is 0.0243 e. The average Bonchev–Trinajstić information content (AvgIpc) is 2.20. The van der Waals surface area contributed by atoms with Crippen LogP contribution in [0.15, 0.2) is 0 Å². The zero-order valence-corrected chi connectivity index (χ0v) is 12.0. The summed E-state index contributed by atoms with van der Waals surface area (Å²) in [5.41, 5.74) is 0.395. The number of rotatable bonds is 6. The maximum Gasteiger partial charge on any atom is 0.0243 e. The van der Waals surface area contributed by atoms with Gasteiger partial charge in [0, 0.05) is 12.5 Å². The van der Waals surface area contributed by atoms with Crippen LogP contribution >= 0.6 is 0 Å². The topological polar surface area (TPSA) is 12.0 Å². The molecule has 0 spiro atoms. The van der Waals surface area contributed by atoms with E-state index in [1.54, 1.807) is 0 Å². The third-order valence-electron chi connectivity index (χ3n) is 3.32. The second kappa shape index (κ2) is 7.74. The van der Waals surface area contributed by atoms with Crippen LogP contribution in [-0.2, 0) is 0 Å². The van der Waals surface area contributed by atoms with Crippen molar-refractivity contribution in [3.05, 3.63) is 0 Å². The SMILES string of the molecule is CC#CCC(CC(C)C(C)(C)C)NCCC. The van der Waals surface area contributed by atoms with Crippen LogP contribution in [0.25, 0.3) is 0 Å². The first-order valence-electron chi connectivity index (χ1n) is 6.54. The van der Waals surface area contributed by atoms with Crippen molar-refractivity contribution in [2.24, 2.45) is 11.3 Å². The first-order valence-corrected chi connectivity index (χ1v) is 6.54. The van der Waals surface area contributed by atoms with Crippen LogP contribution in [0.3, 0.4) is 0 Å². The Hall–Kier alpha value is -0.480. The maximum absolute atomic E-state index is 3.60. The Labute approximate surface area is 102 Å². The molecule has 0 saturated carbocycles. The summed E-state index contributed by atoms with van der Waals surface area (Å²) in [4.78, 5) is 0. The molecule has 1 heteroatoms. The summed E-state index contributed by atoms with van der Waals surface area (Å²) in [5, 5.41) is 3.60. The van der Waals surface area contributed by atoms with Gasteiger partial charge in [0.2, 0.25) is 0 Å². The number of nitrogens with one attached hydrogen (secondary N) is 1. The normalized spacial score (nSPS) is 15.1. The van der Waals surface area contributed by atoms with E-state index in [0.717, 1.165) is 18.9 Å². The Morgan fingerprint density at radius 1 is 1.25 bits per heavy atom. The molecule has 0 amide bonds. The molecular formula is C15H29N. The predicted octanol–water partition coefficient (Wildman–Crippen LogP) is 3.84. The molecule has 2 unspecified atom stereocenters. The van der Waals surface area contributed by atoms with Crippen LogP contribution < -0.4 is 5.32 Å². The molecular weight excluding hydrogens is 194 g/mol. The molecule has 0 aromatic carbocycles. The zero-order valence-electron chi connectivity index (χ0n) is 12.0. The van der Waals surface area contributed by atoms with Crippen LogP contribution in [0.1, 0.15) is 60.8 Å². The van der Waals surface area contributed by atoms with Crippen molar-refractivity contribution in [3.63, 3.8) is 0 Å². The Kier molecular flexibility index (Phi) is 7.51. The van der Waals surface area contributed by atoms with E-state index in [-0.39, 0.29) is 0 Å². The lowest BCUT2D eigenvalue weighted by molar-refractivity contribution is 0.223. The molecule has 2 atom stereocenters. The lowest BCUT2D eigenvalue weighted by Gasteiger charge is -2.30. The van der Waals surface area contributed by atoms with E-state index >= 15 is 0 Å². The van der Waals surface area contributed by atoms with Gasteiger partial charge < -0.3 is 5.32 Å². The van der Waals surface area contributed by atoms with Crippen molar-refractivity contribution >= 4 is 0 Å². The fraction of sp³-hybridized carbons (Fsp3) is 0.867. The zero-order chi connectivity index (χ0) is 12.6. The van der Waals surface area contributed by atoms with E-state index in [2.05, 4.69) is 51.8 Å². The molecule has 0 aliphatic carbocycles. The van der Waals surface area contributed by atoms with Crippen molar-refractivity contribution in [2.45, 2.75) is 66.8 Å². The quantitative estimate of drug-likeness (QED) is 0.675. The van der Waals surface area contributed by atoms with Gasteiger partial charge in [-0.25, -0.2) is 0 Å². The van der Waals surface area contributed by atoms with Crippen LogP contribution in [-0.4, -0.2) is 12.6 Å². The minimum atomic E-state index is 0.395. The standard InChI is InChI=1S/C15H29N/c1-7-9-10-14(16-11-8-2)12-13(3)15(4,5)6/h13-14,16H,8,10-12H2,1-6H3. The third kappa shape index (κ3) is 6.90. The maximum atomic E-state index is 3.60. The van der Waals surface area contributed by atoms with Crippen LogP contribution in [0.5, 0.6) is 0 Å². The second-order valence-corrected chi connectivity index (χ2v) is 5.78. The van der Waals surface area contributed by atoms with E-state index in [4.69, 9.17) is 0 Å². The van der Waals surface area contributed by atoms with Gasteiger partial charge in [-0.1, -0.05) is 34.6 Å². The lowest BCUT2D eigenvalue weighted by atomic mass is 9.78. The van der Waals surface area contributed by atoms with E-state index in [1.807, 2.05) is 6.92 Å². The summed E-state index contributed by atoms with van der Waals surface area (Å²) in [7, 11) is 0. The third-order valence-corrected chi connectivity index (χ3v) is 3.32. The number of hydrogen-bond acceptors (Lipinski definition) is 1. The van der Waals surface area contributed by atoms with Gasteiger partial charge in [0.15, 0.2) is 0 Å². The largest absolute Gasteiger partial charge is 0.313 e. The first kappa shape index (κ1) is 15.5. The molecule has 0 aliphatic heterocycles. The molecule has 16 heavy (non-hydrogen) atoms. The number of hydrogen-bond donors (Lipinski definition) is 1. The van der Waals surface area contributed by atoms with Crippen LogP contribution in [0, 0.1) is 23.2 Å². The second-order valence-electron chi connectivity index (χ2n) is 5.78. The van der Waals surface area contributed by atoms with E-state index in [1.165, 1.54) is 12.8 Å². The van der Waals surface area contributed by atoms with Gasteiger partial charge in [-0.15, -0.1) is 11.8 Å². The molecule has 0 aromatic rings. The van der Waals surface area contributed by atoms with E-state index < -0.39 is 0 Å². The van der Waals surface area contributed by atoms with E-state index in [0.29, 0.717) is 11.5 Å². The molecule has 94 valence electrons. The van der Waals surface area contributed by atoms with Gasteiger partial charge in [0.05, 0.1) is 0 Å². The minimum Gasteiger partial charge on any atom is -0.313 e. The first-order chi connectivity index (χ1) is 7.41. The molecule has 0 fully saturated rings. The summed E-state index contributed by atoms with van der Waals surface area (Å²) in [5.74, 6) is 6.92. The Bertz CT molecular complexity index is 226. The highest BCUT2D eigenvalue weighted by atomic mass is 14.9. The summed E-state index contributed by atoms with van der Waals surface area (Å²) >= 11 is 0. The molecule has 0 heterocycles. The summed E-state index contributed by atoms with van der Waals surface area (Å²) < 4.78 is 0. The van der Waals surface area contributed by atoms with Crippen molar-refractivity contribution in [1.82, 2.24) is 5.32 Å². The summed E-state index contributed by atoms with van der Waals surface area (Å²) in [6.45, 7) is 14.5. The molecule has 0 aromatic heterocycles. The van der Waals surface area contributed by atoms with Gasteiger partial charge in [0.1, 0.15) is 0 Å². The molecule has 0 radical (unpaired) electrons. The lowest BCUT2D eigenvalue weighted by Crippen LogP contribution is -2.34. The van der Waals surface area contributed by atoms with Gasteiger partial charge in [-0.3, -0.25) is 0 Å². The molecule has 0 saturated heterocycles.